The van der Waals surface area contributed by atoms with E-state index in [0.29, 0.717) is 10.8 Å². The summed E-state index contributed by atoms with van der Waals surface area (Å²) in [6.07, 6.45) is 0.796. The van der Waals surface area contributed by atoms with Crippen LogP contribution in [0, 0.1) is 0 Å². The Bertz CT molecular complexity index is 504. The molecule has 84 valence electrons. The minimum Gasteiger partial charge on any atom is -0.382 e. The van der Waals surface area contributed by atoms with Crippen LogP contribution in [0.5, 0.6) is 0 Å². The highest BCUT2D eigenvalue weighted by atomic mass is 32.1. The molecule has 0 aliphatic heterocycles. The predicted octanol–water partition coefficient (Wildman–Crippen LogP) is 0.658. The number of nitrogens with zero attached hydrogens (tertiary/aromatic N) is 3. The van der Waals surface area contributed by atoms with Gasteiger partial charge in [0, 0.05) is 6.07 Å². The molecule has 0 unspecified atom stereocenters. The second-order valence-corrected chi connectivity index (χ2v) is 4.08. The van der Waals surface area contributed by atoms with Crippen LogP contribution in [0.3, 0.4) is 0 Å². The molecule has 7 nitrogen and oxygen atoms in total. The molecule has 2 rings (SSSR count). The van der Waals surface area contributed by atoms with Gasteiger partial charge in [0.05, 0.1) is 0 Å². The van der Waals surface area contributed by atoms with Crippen LogP contribution in [0.1, 0.15) is 22.4 Å². The van der Waals surface area contributed by atoms with Crippen LogP contribution in [-0.2, 0) is 6.42 Å². The number of rotatable bonds is 3. The minimum atomic E-state index is -0.331. The number of nitrogens with one attached hydrogen (secondary N) is 2. The van der Waals surface area contributed by atoms with E-state index < -0.39 is 0 Å². The van der Waals surface area contributed by atoms with Gasteiger partial charge in [0.1, 0.15) is 16.5 Å². The van der Waals surface area contributed by atoms with E-state index in [1.54, 1.807) is 0 Å². The van der Waals surface area contributed by atoms with E-state index in [1.165, 1.54) is 17.4 Å². The molecule has 0 aliphatic rings. The lowest BCUT2D eigenvalue weighted by atomic mass is 10.4. The van der Waals surface area contributed by atoms with Crippen LogP contribution in [0.25, 0.3) is 0 Å². The van der Waals surface area contributed by atoms with Crippen LogP contribution in [0.15, 0.2) is 6.07 Å². The Morgan fingerprint density at radius 2 is 2.44 bits per heavy atom. The van der Waals surface area contributed by atoms with Crippen molar-refractivity contribution in [3.8, 4) is 0 Å². The Labute approximate surface area is 95.1 Å². The lowest BCUT2D eigenvalue weighted by molar-refractivity contribution is 0.102. The Kier molecular flexibility index (Phi) is 2.82. The third kappa shape index (κ3) is 2.16. The molecule has 2 aromatic heterocycles. The van der Waals surface area contributed by atoms with Gasteiger partial charge in [-0.2, -0.15) is 5.10 Å². The van der Waals surface area contributed by atoms with Crippen LogP contribution >= 0.6 is 11.3 Å². The van der Waals surface area contributed by atoms with E-state index in [9.17, 15) is 4.79 Å². The fraction of sp³-hybridized carbons (Fsp3) is 0.250. The zero-order valence-corrected chi connectivity index (χ0v) is 9.34. The SMILES string of the molecule is CCc1nnc(NC(=O)c2cc(N)n[nH]2)s1. The Balaban J connectivity index is 2.07. The molecule has 1 amide bonds. The molecule has 0 spiro atoms. The number of hydrogen-bond acceptors (Lipinski definition) is 6. The molecular formula is C8H10N6OS. The number of H-pyrrole nitrogens is 1. The molecule has 2 aromatic rings. The smallest absolute Gasteiger partial charge is 0.275 e. The summed E-state index contributed by atoms with van der Waals surface area (Å²) in [6.45, 7) is 1.97. The summed E-state index contributed by atoms with van der Waals surface area (Å²) in [5.74, 6) is -0.0559. The molecule has 2 heterocycles. The molecule has 16 heavy (non-hydrogen) atoms. The lowest BCUT2D eigenvalue weighted by Gasteiger charge is -1.95. The number of carbonyl (C=O) groups excluding carboxylic acids is 1. The van der Waals surface area contributed by atoms with Crippen molar-refractivity contribution in [1.82, 2.24) is 20.4 Å². The average Bonchev–Trinajstić information content (AvgIpc) is 2.87. The molecule has 0 radical (unpaired) electrons. The number of anilines is 2. The van der Waals surface area contributed by atoms with E-state index in [-0.39, 0.29) is 11.7 Å². The standard InChI is InChI=1S/C8H10N6OS/c1-2-6-13-14-8(16-6)10-7(15)4-3-5(9)12-11-4/h3H,2H2,1H3,(H3,9,11,12)(H,10,14,15). The van der Waals surface area contributed by atoms with Crippen molar-refractivity contribution in [1.29, 1.82) is 0 Å². The highest BCUT2D eigenvalue weighted by Gasteiger charge is 2.11. The highest BCUT2D eigenvalue weighted by molar-refractivity contribution is 7.15. The van der Waals surface area contributed by atoms with Gasteiger partial charge >= 0.3 is 0 Å². The second kappa shape index (κ2) is 4.27. The average molecular weight is 238 g/mol. The summed E-state index contributed by atoms with van der Waals surface area (Å²) < 4.78 is 0. The fourth-order valence-electron chi connectivity index (χ4n) is 1.06. The predicted molar refractivity (Wildman–Crippen MR) is 60.2 cm³/mol. The maximum Gasteiger partial charge on any atom is 0.275 e. The van der Waals surface area contributed by atoms with Gasteiger partial charge in [0.15, 0.2) is 0 Å². The first-order valence-electron chi connectivity index (χ1n) is 4.63. The zero-order chi connectivity index (χ0) is 11.5. The van der Waals surface area contributed by atoms with Gasteiger partial charge in [-0.25, -0.2) is 0 Å². The van der Waals surface area contributed by atoms with E-state index in [4.69, 9.17) is 5.73 Å². The molecule has 0 saturated carbocycles. The maximum absolute atomic E-state index is 11.6. The molecule has 0 aliphatic carbocycles. The summed E-state index contributed by atoms with van der Waals surface area (Å²) in [4.78, 5) is 11.6. The Morgan fingerprint density at radius 3 is 3.00 bits per heavy atom. The first kappa shape index (κ1) is 10.6. The van der Waals surface area contributed by atoms with Crippen molar-refractivity contribution in [3.63, 3.8) is 0 Å². The van der Waals surface area contributed by atoms with E-state index in [1.807, 2.05) is 6.92 Å². The van der Waals surface area contributed by atoms with Gasteiger partial charge in [-0.1, -0.05) is 18.3 Å². The number of aromatic amines is 1. The normalized spacial score (nSPS) is 10.3. The number of aromatic nitrogens is 4. The summed E-state index contributed by atoms with van der Waals surface area (Å²) in [5, 5.41) is 17.8. The van der Waals surface area contributed by atoms with Crippen molar-refractivity contribution >= 4 is 28.2 Å². The third-order valence-electron chi connectivity index (χ3n) is 1.83. The van der Waals surface area contributed by atoms with Crippen LogP contribution in [-0.4, -0.2) is 26.3 Å². The van der Waals surface area contributed by atoms with E-state index >= 15 is 0 Å². The quantitative estimate of drug-likeness (QED) is 0.727. The van der Waals surface area contributed by atoms with Crippen LogP contribution in [0.4, 0.5) is 10.9 Å². The minimum absolute atomic E-state index is 0.275. The molecule has 0 fully saturated rings. The first-order valence-corrected chi connectivity index (χ1v) is 5.45. The third-order valence-corrected chi connectivity index (χ3v) is 2.82. The van der Waals surface area contributed by atoms with Gasteiger partial charge in [-0.05, 0) is 6.42 Å². The lowest BCUT2D eigenvalue weighted by Crippen LogP contribution is -2.12. The topological polar surface area (TPSA) is 110 Å². The first-order chi connectivity index (χ1) is 7.69. The van der Waals surface area contributed by atoms with Gasteiger partial charge in [0.25, 0.3) is 5.91 Å². The molecular weight excluding hydrogens is 228 g/mol. The van der Waals surface area contributed by atoms with Gasteiger partial charge < -0.3 is 5.73 Å². The summed E-state index contributed by atoms with van der Waals surface area (Å²) in [5.41, 5.74) is 5.68. The molecule has 4 N–H and O–H groups in total. The number of nitrogens with two attached hydrogens (primary N) is 1. The second-order valence-electron chi connectivity index (χ2n) is 3.02. The maximum atomic E-state index is 11.6. The van der Waals surface area contributed by atoms with Crippen molar-refractivity contribution in [2.45, 2.75) is 13.3 Å². The zero-order valence-electron chi connectivity index (χ0n) is 8.52. The highest BCUT2D eigenvalue weighted by Crippen LogP contribution is 2.16. The number of hydrogen-bond donors (Lipinski definition) is 3. The Morgan fingerprint density at radius 1 is 1.62 bits per heavy atom. The van der Waals surface area contributed by atoms with Gasteiger partial charge in [-0.3, -0.25) is 15.2 Å². The van der Waals surface area contributed by atoms with Crippen molar-refractivity contribution < 1.29 is 4.79 Å². The van der Waals surface area contributed by atoms with E-state index in [2.05, 4.69) is 25.7 Å². The van der Waals surface area contributed by atoms with Crippen LogP contribution < -0.4 is 11.1 Å². The number of nitrogen functional groups attached to an aromatic ring is 1. The summed E-state index contributed by atoms with van der Waals surface area (Å²) in [7, 11) is 0. The van der Waals surface area contributed by atoms with Crippen molar-refractivity contribution in [2.75, 3.05) is 11.1 Å². The van der Waals surface area contributed by atoms with E-state index in [0.717, 1.165) is 11.4 Å². The number of carbonyl (C=O) groups is 1. The number of aryl methyl sites for hydroxylation is 1. The summed E-state index contributed by atoms with van der Waals surface area (Å²) >= 11 is 1.34. The molecule has 0 bridgehead atoms. The largest absolute Gasteiger partial charge is 0.382 e. The number of amides is 1. The molecule has 0 aromatic carbocycles. The monoisotopic (exact) mass is 238 g/mol. The van der Waals surface area contributed by atoms with Crippen LogP contribution in [0.2, 0.25) is 0 Å². The van der Waals surface area contributed by atoms with Gasteiger partial charge in [0.2, 0.25) is 5.13 Å². The van der Waals surface area contributed by atoms with Gasteiger partial charge in [-0.15, -0.1) is 10.2 Å². The molecule has 0 atom stereocenters. The fourth-order valence-corrected chi connectivity index (χ4v) is 1.74. The van der Waals surface area contributed by atoms with Crippen molar-refractivity contribution in [3.05, 3.63) is 16.8 Å². The Hall–Kier alpha value is -1.96. The molecule has 8 heteroatoms. The van der Waals surface area contributed by atoms with Crippen molar-refractivity contribution in [2.24, 2.45) is 0 Å². The molecule has 0 saturated heterocycles. The summed E-state index contributed by atoms with van der Waals surface area (Å²) in [6, 6.07) is 1.46.